The highest BCUT2D eigenvalue weighted by molar-refractivity contribution is 5.66. The lowest BCUT2D eigenvalue weighted by molar-refractivity contribution is -0.137. The van der Waals surface area contributed by atoms with Crippen LogP contribution in [0.3, 0.4) is 0 Å². The summed E-state index contributed by atoms with van der Waals surface area (Å²) in [5, 5.41) is 16.5. The largest absolute Gasteiger partial charge is 0.481 e. The molecule has 0 atom stereocenters. The monoisotopic (exact) mass is 274 g/mol. The Morgan fingerprint density at radius 3 is 1.47 bits per heavy atom. The first-order valence-corrected chi connectivity index (χ1v) is 8.01. The van der Waals surface area contributed by atoms with Gasteiger partial charge in [-0.3, -0.25) is 4.79 Å². The molecule has 0 aromatic rings. The van der Waals surface area contributed by atoms with E-state index in [9.17, 15) is 4.79 Å². The van der Waals surface area contributed by atoms with Crippen LogP contribution in [0.5, 0.6) is 0 Å². The molecule has 0 saturated carbocycles. The van der Waals surface area contributed by atoms with Gasteiger partial charge in [-0.05, 0) is 12.8 Å². The van der Waals surface area contributed by atoms with Gasteiger partial charge in [-0.1, -0.05) is 71.6 Å². The highest BCUT2D eigenvalue weighted by Crippen LogP contribution is 2.10. The van der Waals surface area contributed by atoms with Crippen LogP contribution >= 0.6 is 0 Å². The van der Waals surface area contributed by atoms with Crippen LogP contribution in [0.25, 0.3) is 0 Å². The molecule has 0 bridgehead atoms. The minimum absolute atomic E-state index is 0.343. The molecule has 0 heterocycles. The Kier molecular flexibility index (Phi) is 21.6. The third-order valence-corrected chi connectivity index (χ3v) is 3.01. The number of rotatable bonds is 12. The highest BCUT2D eigenvalue weighted by atomic mass is 16.4. The van der Waals surface area contributed by atoms with E-state index in [-0.39, 0.29) is 0 Å². The van der Waals surface area contributed by atoms with Crippen LogP contribution in [0, 0.1) is 0 Å². The van der Waals surface area contributed by atoms with Crippen molar-refractivity contribution in [2.75, 3.05) is 6.61 Å². The molecule has 0 aliphatic heterocycles. The number of carboxylic acid groups (broad SMARTS) is 1. The quantitative estimate of drug-likeness (QED) is 0.504. The number of aliphatic hydroxyl groups is 1. The molecular weight excluding hydrogens is 240 g/mol. The first-order valence-electron chi connectivity index (χ1n) is 8.01. The van der Waals surface area contributed by atoms with Gasteiger partial charge in [0, 0.05) is 13.0 Å². The zero-order valence-electron chi connectivity index (χ0n) is 13.0. The topological polar surface area (TPSA) is 57.5 Å². The zero-order valence-corrected chi connectivity index (χ0v) is 13.0. The number of hydrogen-bond donors (Lipinski definition) is 2. The lowest BCUT2D eigenvalue weighted by Gasteiger charge is -2.00. The summed E-state index contributed by atoms with van der Waals surface area (Å²) in [5.41, 5.74) is 0. The average Bonchev–Trinajstić information content (AvgIpc) is 2.38. The number of aliphatic carboxylic acids is 1. The van der Waals surface area contributed by atoms with Crippen LogP contribution in [0.15, 0.2) is 0 Å². The summed E-state index contributed by atoms with van der Waals surface area (Å²) in [6.45, 7) is 4.62. The number of carbonyl (C=O) groups is 1. The Bertz CT molecular complexity index is 167. The minimum atomic E-state index is -0.659. The summed E-state index contributed by atoms with van der Waals surface area (Å²) < 4.78 is 0. The van der Waals surface area contributed by atoms with Crippen LogP contribution in [0.4, 0.5) is 0 Å². The van der Waals surface area contributed by atoms with Crippen LogP contribution in [-0.2, 0) is 4.79 Å². The van der Waals surface area contributed by atoms with Crippen molar-refractivity contribution >= 4 is 5.97 Å². The summed E-state index contributed by atoms with van der Waals surface area (Å²) in [7, 11) is 0. The summed E-state index contributed by atoms with van der Waals surface area (Å²) in [6.07, 6.45) is 13.5. The van der Waals surface area contributed by atoms with Crippen molar-refractivity contribution in [1.29, 1.82) is 0 Å². The molecule has 0 amide bonds. The van der Waals surface area contributed by atoms with Gasteiger partial charge in [-0.15, -0.1) is 0 Å². The van der Waals surface area contributed by atoms with E-state index >= 15 is 0 Å². The lowest BCUT2D eigenvalue weighted by Crippen LogP contribution is -1.93. The summed E-state index contributed by atoms with van der Waals surface area (Å²) >= 11 is 0. The normalized spacial score (nSPS) is 9.84. The smallest absolute Gasteiger partial charge is 0.303 e. The Labute approximate surface area is 119 Å². The molecule has 3 nitrogen and oxygen atoms in total. The molecule has 19 heavy (non-hydrogen) atoms. The second-order valence-corrected chi connectivity index (χ2v) is 5.05. The van der Waals surface area contributed by atoms with Crippen LogP contribution in [0.1, 0.15) is 90.9 Å². The molecule has 0 fully saturated rings. The standard InChI is InChI=1S/C12H24O2.C4H10O/c1-2-3-4-5-6-7-8-9-10-11-12(13)14;1-2-3-4-5/h2-11H2,1H3,(H,13,14);5H,2-4H2,1H3. The molecule has 0 aromatic carbocycles. The third kappa shape index (κ3) is 26.9. The predicted molar refractivity (Wildman–Crippen MR) is 81.5 cm³/mol. The molecule has 116 valence electrons. The third-order valence-electron chi connectivity index (χ3n) is 3.01. The van der Waals surface area contributed by atoms with E-state index in [0.717, 1.165) is 25.7 Å². The van der Waals surface area contributed by atoms with E-state index in [0.29, 0.717) is 13.0 Å². The van der Waals surface area contributed by atoms with E-state index in [1.807, 2.05) is 0 Å². The molecule has 0 aliphatic carbocycles. The first-order chi connectivity index (χ1) is 9.18. The molecule has 0 spiro atoms. The molecule has 0 saturated heterocycles. The minimum Gasteiger partial charge on any atom is -0.481 e. The van der Waals surface area contributed by atoms with Gasteiger partial charge < -0.3 is 10.2 Å². The van der Waals surface area contributed by atoms with Gasteiger partial charge in [0.1, 0.15) is 0 Å². The van der Waals surface area contributed by atoms with Crippen LogP contribution in [-0.4, -0.2) is 22.8 Å². The van der Waals surface area contributed by atoms with Crippen molar-refractivity contribution in [3.8, 4) is 0 Å². The Morgan fingerprint density at radius 2 is 1.16 bits per heavy atom. The van der Waals surface area contributed by atoms with Gasteiger partial charge in [0.05, 0.1) is 0 Å². The summed E-state index contributed by atoms with van der Waals surface area (Å²) in [6, 6.07) is 0. The first kappa shape index (κ1) is 20.7. The van der Waals surface area contributed by atoms with Crippen molar-refractivity contribution in [2.24, 2.45) is 0 Å². The van der Waals surface area contributed by atoms with Gasteiger partial charge in [-0.2, -0.15) is 0 Å². The maximum atomic E-state index is 10.2. The van der Waals surface area contributed by atoms with E-state index in [4.69, 9.17) is 10.2 Å². The van der Waals surface area contributed by atoms with Crippen molar-refractivity contribution in [1.82, 2.24) is 0 Å². The van der Waals surface area contributed by atoms with Crippen molar-refractivity contribution in [3.63, 3.8) is 0 Å². The van der Waals surface area contributed by atoms with E-state index in [1.54, 1.807) is 0 Å². The Morgan fingerprint density at radius 1 is 0.737 bits per heavy atom. The lowest BCUT2D eigenvalue weighted by atomic mass is 10.1. The van der Waals surface area contributed by atoms with E-state index in [2.05, 4.69) is 13.8 Å². The maximum absolute atomic E-state index is 10.2. The van der Waals surface area contributed by atoms with E-state index < -0.39 is 5.97 Å². The van der Waals surface area contributed by atoms with Crippen LogP contribution < -0.4 is 0 Å². The van der Waals surface area contributed by atoms with Crippen LogP contribution in [0.2, 0.25) is 0 Å². The van der Waals surface area contributed by atoms with Gasteiger partial charge in [0.2, 0.25) is 0 Å². The molecule has 2 N–H and O–H groups in total. The molecular formula is C16H34O3. The molecule has 0 rings (SSSR count). The second-order valence-electron chi connectivity index (χ2n) is 5.05. The second kappa shape index (κ2) is 19.8. The van der Waals surface area contributed by atoms with Gasteiger partial charge >= 0.3 is 5.97 Å². The summed E-state index contributed by atoms with van der Waals surface area (Å²) in [4.78, 5) is 10.2. The molecule has 0 radical (unpaired) electrons. The number of unbranched alkanes of at least 4 members (excludes halogenated alkanes) is 9. The van der Waals surface area contributed by atoms with Crippen molar-refractivity contribution < 1.29 is 15.0 Å². The molecule has 0 unspecified atom stereocenters. The molecule has 3 heteroatoms. The molecule has 0 aliphatic rings. The number of aliphatic hydroxyl groups excluding tert-OH is 1. The van der Waals surface area contributed by atoms with Gasteiger partial charge in [0.15, 0.2) is 0 Å². The number of hydrogen-bond acceptors (Lipinski definition) is 2. The Hall–Kier alpha value is -0.570. The van der Waals surface area contributed by atoms with Crippen molar-refractivity contribution in [3.05, 3.63) is 0 Å². The van der Waals surface area contributed by atoms with E-state index in [1.165, 1.54) is 44.9 Å². The fraction of sp³-hybridized carbons (Fsp3) is 0.938. The molecule has 0 aromatic heterocycles. The van der Waals surface area contributed by atoms with Gasteiger partial charge in [0.25, 0.3) is 0 Å². The van der Waals surface area contributed by atoms with Crippen molar-refractivity contribution in [2.45, 2.75) is 90.9 Å². The fourth-order valence-electron chi connectivity index (χ4n) is 1.74. The fourth-order valence-corrected chi connectivity index (χ4v) is 1.74. The van der Waals surface area contributed by atoms with Gasteiger partial charge in [-0.25, -0.2) is 0 Å². The SMILES string of the molecule is CCCCCCCCCCCC(=O)O.CCCCO. The summed E-state index contributed by atoms with van der Waals surface area (Å²) in [5.74, 6) is -0.659. The zero-order chi connectivity index (χ0) is 14.8. The highest BCUT2D eigenvalue weighted by Gasteiger charge is 1.96. The number of carboxylic acids is 1. The maximum Gasteiger partial charge on any atom is 0.303 e. The Balaban J connectivity index is 0. The predicted octanol–water partition coefficient (Wildman–Crippen LogP) is 4.77. The average molecular weight is 274 g/mol.